The number of nitrogens with one attached hydrogen (secondary N) is 2. The fourth-order valence-electron chi connectivity index (χ4n) is 3.13. The summed E-state index contributed by atoms with van der Waals surface area (Å²) in [7, 11) is 0. The Morgan fingerprint density at radius 1 is 0.914 bits per heavy atom. The van der Waals surface area contributed by atoms with Crippen molar-refractivity contribution in [2.75, 3.05) is 10.6 Å². The van der Waals surface area contributed by atoms with Crippen molar-refractivity contribution >= 4 is 23.2 Å². The van der Waals surface area contributed by atoms with Gasteiger partial charge in [-0.1, -0.05) is 6.07 Å². The Balaban J connectivity index is 2.03. The molecule has 0 unspecified atom stereocenters. The van der Waals surface area contributed by atoms with Gasteiger partial charge in [0.05, 0.1) is 22.5 Å². The molecule has 2 aromatic carbocycles. The number of benzene rings is 2. The van der Waals surface area contributed by atoms with Crippen LogP contribution >= 0.6 is 0 Å². The van der Waals surface area contributed by atoms with Gasteiger partial charge in [0.15, 0.2) is 5.69 Å². The number of anilines is 2. The number of amides is 2. The number of hydrogen-bond acceptors (Lipinski definition) is 4. The van der Waals surface area contributed by atoms with Crippen LogP contribution in [0.4, 0.5) is 37.7 Å². The van der Waals surface area contributed by atoms with Gasteiger partial charge in [0.25, 0.3) is 5.91 Å². The summed E-state index contributed by atoms with van der Waals surface area (Å²) in [5.74, 6) is -1.93. The van der Waals surface area contributed by atoms with E-state index in [0.29, 0.717) is 6.07 Å². The molecule has 0 spiro atoms. The normalized spacial score (nSPS) is 11.8. The highest BCUT2D eigenvalue weighted by Crippen LogP contribution is 2.37. The average molecular weight is 498 g/mol. The van der Waals surface area contributed by atoms with E-state index < -0.39 is 52.1 Å². The number of carbonyl (C=O) groups excluding carboxylic acids is 2. The topological polar surface area (TPSA) is 93.1 Å². The Kier molecular flexibility index (Phi) is 6.72. The molecule has 35 heavy (non-hydrogen) atoms. The van der Waals surface area contributed by atoms with Crippen LogP contribution in [0.3, 0.4) is 0 Å². The molecule has 7 nitrogen and oxygen atoms in total. The first-order valence-electron chi connectivity index (χ1n) is 9.75. The number of aromatic nitrogens is 2. The predicted molar refractivity (Wildman–Crippen MR) is 113 cm³/mol. The van der Waals surface area contributed by atoms with Gasteiger partial charge in [-0.15, -0.1) is 0 Å². The maximum Gasteiger partial charge on any atom is 0.418 e. The minimum Gasteiger partial charge on any atom is -0.326 e. The molecule has 0 radical (unpaired) electrons. The van der Waals surface area contributed by atoms with Crippen LogP contribution in [0.25, 0.3) is 5.69 Å². The number of hydrogen-bond donors (Lipinski definition) is 2. The molecular weight excluding hydrogens is 482 g/mol. The number of aryl methyl sites for hydroxylation is 1. The average Bonchev–Trinajstić information content (AvgIpc) is 2.73. The second-order valence-electron chi connectivity index (χ2n) is 7.35. The molecule has 2 amide bonds. The molecule has 0 aliphatic carbocycles. The zero-order valence-electron chi connectivity index (χ0n) is 18.0. The van der Waals surface area contributed by atoms with Crippen LogP contribution in [0.2, 0.25) is 0 Å². The van der Waals surface area contributed by atoms with Gasteiger partial charge >= 0.3 is 12.4 Å². The summed E-state index contributed by atoms with van der Waals surface area (Å²) < 4.78 is 80.7. The van der Waals surface area contributed by atoms with Gasteiger partial charge in [0.1, 0.15) is 0 Å². The summed E-state index contributed by atoms with van der Waals surface area (Å²) in [5, 5.41) is 7.95. The van der Waals surface area contributed by atoms with E-state index in [4.69, 9.17) is 0 Å². The third kappa shape index (κ3) is 5.86. The van der Waals surface area contributed by atoms with E-state index in [9.17, 15) is 40.7 Å². The predicted octanol–water partition coefficient (Wildman–Crippen LogP) is 4.79. The maximum absolute atomic E-state index is 13.5. The molecule has 184 valence electrons. The van der Waals surface area contributed by atoms with Crippen LogP contribution in [0.1, 0.15) is 34.2 Å². The van der Waals surface area contributed by atoms with Crippen molar-refractivity contribution in [2.24, 2.45) is 0 Å². The van der Waals surface area contributed by atoms with Crippen molar-refractivity contribution in [1.29, 1.82) is 0 Å². The third-order valence-corrected chi connectivity index (χ3v) is 4.63. The van der Waals surface area contributed by atoms with Crippen LogP contribution in [0.5, 0.6) is 0 Å². The van der Waals surface area contributed by atoms with Gasteiger partial charge in [-0.05, 0) is 43.3 Å². The number of carbonyl (C=O) groups is 2. The molecule has 2 N–H and O–H groups in total. The molecule has 0 aliphatic rings. The first-order chi connectivity index (χ1) is 16.2. The maximum atomic E-state index is 13.5. The van der Waals surface area contributed by atoms with Gasteiger partial charge in [-0.3, -0.25) is 14.4 Å². The van der Waals surface area contributed by atoms with E-state index >= 15 is 0 Å². The zero-order valence-corrected chi connectivity index (χ0v) is 18.0. The Morgan fingerprint density at radius 3 is 2.20 bits per heavy atom. The van der Waals surface area contributed by atoms with E-state index in [-0.39, 0.29) is 17.1 Å². The van der Waals surface area contributed by atoms with E-state index in [1.165, 1.54) is 13.0 Å². The number of nitrogens with zero attached hydrogens (tertiary/aromatic N) is 2. The SMILES string of the molecule is CC(=O)Nc1ccc(NC(=O)c2nn(-c3cccc(C(F)(F)F)c3)c(C)cc2=O)c(C(F)(F)F)c1. The van der Waals surface area contributed by atoms with Crippen molar-refractivity contribution in [3.8, 4) is 5.69 Å². The number of rotatable bonds is 4. The monoisotopic (exact) mass is 498 g/mol. The lowest BCUT2D eigenvalue weighted by Gasteiger charge is -2.16. The first kappa shape index (κ1) is 25.5. The summed E-state index contributed by atoms with van der Waals surface area (Å²) >= 11 is 0. The standard InChI is InChI=1S/C22H16F6N4O3/c1-11-8-18(34)19(31-32(11)15-5-3-4-13(9-15)21(23,24)25)20(35)30-17-7-6-14(29-12(2)33)10-16(17)22(26,27)28/h3-10H,1-2H3,(H,29,33)(H,30,35). The van der Waals surface area contributed by atoms with Gasteiger partial charge < -0.3 is 10.6 Å². The highest BCUT2D eigenvalue weighted by molar-refractivity contribution is 6.03. The minimum absolute atomic E-state index is 0.0847. The third-order valence-electron chi connectivity index (χ3n) is 4.63. The van der Waals surface area contributed by atoms with Crippen molar-refractivity contribution in [1.82, 2.24) is 9.78 Å². The van der Waals surface area contributed by atoms with Crippen LogP contribution in [0.15, 0.2) is 53.3 Å². The second kappa shape index (κ2) is 9.24. The molecule has 0 bridgehead atoms. The van der Waals surface area contributed by atoms with Crippen molar-refractivity contribution in [3.63, 3.8) is 0 Å². The fourth-order valence-corrected chi connectivity index (χ4v) is 3.13. The molecule has 13 heteroatoms. The number of alkyl halides is 6. The van der Waals surface area contributed by atoms with E-state index in [1.54, 1.807) is 0 Å². The molecule has 0 aliphatic heterocycles. The smallest absolute Gasteiger partial charge is 0.326 e. The molecule has 0 atom stereocenters. The lowest BCUT2D eigenvalue weighted by atomic mass is 10.1. The van der Waals surface area contributed by atoms with Gasteiger partial charge in [0.2, 0.25) is 11.3 Å². The van der Waals surface area contributed by atoms with Gasteiger partial charge in [-0.2, -0.15) is 31.4 Å². The van der Waals surface area contributed by atoms with Crippen molar-refractivity contribution < 1.29 is 35.9 Å². The molecular formula is C22H16F6N4O3. The number of halogens is 6. The Morgan fingerprint density at radius 2 is 1.60 bits per heavy atom. The zero-order chi connectivity index (χ0) is 26.1. The Hall–Kier alpha value is -4.16. The molecule has 3 rings (SSSR count). The van der Waals surface area contributed by atoms with Crippen molar-refractivity contribution in [3.05, 3.63) is 81.3 Å². The highest BCUT2D eigenvalue weighted by Gasteiger charge is 2.35. The van der Waals surface area contributed by atoms with E-state index in [1.807, 2.05) is 5.32 Å². The van der Waals surface area contributed by atoms with Crippen LogP contribution in [-0.2, 0) is 17.1 Å². The quantitative estimate of drug-likeness (QED) is 0.506. The van der Waals surface area contributed by atoms with Gasteiger partial charge in [-0.25, -0.2) is 4.68 Å². The summed E-state index contributed by atoms with van der Waals surface area (Å²) in [5.41, 5.74) is -5.04. The van der Waals surface area contributed by atoms with Crippen molar-refractivity contribution in [2.45, 2.75) is 26.2 Å². The molecule has 3 aromatic rings. The summed E-state index contributed by atoms with van der Waals surface area (Å²) in [6.07, 6.45) is -9.60. The fraction of sp³-hybridized carbons (Fsp3) is 0.182. The van der Waals surface area contributed by atoms with Crippen LogP contribution in [-0.4, -0.2) is 21.6 Å². The lowest BCUT2D eigenvalue weighted by Crippen LogP contribution is -2.27. The van der Waals surface area contributed by atoms with Gasteiger partial charge in [0, 0.05) is 24.4 Å². The van der Waals surface area contributed by atoms with Crippen LogP contribution < -0.4 is 16.1 Å². The van der Waals surface area contributed by atoms with E-state index in [0.717, 1.165) is 48.0 Å². The molecule has 0 saturated carbocycles. The summed E-state index contributed by atoms with van der Waals surface area (Å²) in [4.78, 5) is 36.2. The summed E-state index contributed by atoms with van der Waals surface area (Å²) in [6, 6.07) is 7.43. The minimum atomic E-state index is -4.93. The Labute approximate surface area is 193 Å². The summed E-state index contributed by atoms with van der Waals surface area (Å²) in [6.45, 7) is 2.46. The molecule has 1 aromatic heterocycles. The van der Waals surface area contributed by atoms with Crippen LogP contribution in [0, 0.1) is 6.92 Å². The molecule has 1 heterocycles. The molecule has 0 fully saturated rings. The molecule has 0 saturated heterocycles. The Bertz CT molecular complexity index is 1360. The van der Waals surface area contributed by atoms with E-state index in [2.05, 4.69) is 10.4 Å². The first-order valence-corrected chi connectivity index (χ1v) is 9.75. The second-order valence-corrected chi connectivity index (χ2v) is 7.35. The highest BCUT2D eigenvalue weighted by atomic mass is 19.4. The largest absolute Gasteiger partial charge is 0.418 e. The lowest BCUT2D eigenvalue weighted by molar-refractivity contribution is -0.138.